The average Bonchev–Trinajstić information content (AvgIpc) is 2.96. The Hall–Kier alpha value is -1.30. The molecule has 1 aliphatic carbocycles. The number of aliphatic carboxylic acids is 1. The van der Waals surface area contributed by atoms with Crippen LogP contribution in [0.4, 0.5) is 4.79 Å². The van der Waals surface area contributed by atoms with E-state index in [9.17, 15) is 14.7 Å². The molecule has 3 aliphatic rings. The van der Waals surface area contributed by atoms with Crippen LogP contribution in [0.3, 0.4) is 0 Å². The molecule has 6 heteroatoms. The Labute approximate surface area is 131 Å². The molecule has 2 aliphatic heterocycles. The van der Waals surface area contributed by atoms with Crippen molar-refractivity contribution in [3.05, 3.63) is 0 Å². The Morgan fingerprint density at radius 1 is 1.27 bits per heavy atom. The van der Waals surface area contributed by atoms with Crippen LogP contribution in [0.2, 0.25) is 0 Å². The lowest BCUT2D eigenvalue weighted by Gasteiger charge is -2.38. The Morgan fingerprint density at radius 2 is 2.00 bits per heavy atom. The van der Waals surface area contributed by atoms with Gasteiger partial charge in [-0.05, 0) is 52.4 Å². The minimum atomic E-state index is -0.798. The summed E-state index contributed by atoms with van der Waals surface area (Å²) in [5.74, 6) is -0.341. The number of carboxylic acids is 1. The molecule has 2 heterocycles. The smallest absolute Gasteiger partial charge is 0.425 e. The highest BCUT2D eigenvalue weighted by molar-refractivity contribution is 5.70. The van der Waals surface area contributed by atoms with Gasteiger partial charge in [-0.3, -0.25) is 4.79 Å². The summed E-state index contributed by atoms with van der Waals surface area (Å²) < 4.78 is 5.54. The molecule has 0 aromatic carbocycles. The number of hydrazine groups is 1. The molecule has 124 valence electrons. The van der Waals surface area contributed by atoms with Gasteiger partial charge in [0.25, 0.3) is 0 Å². The minimum absolute atomic E-state index is 0.00296. The Kier molecular flexibility index (Phi) is 3.62. The van der Waals surface area contributed by atoms with E-state index in [0.717, 1.165) is 25.7 Å². The van der Waals surface area contributed by atoms with E-state index in [1.54, 1.807) is 5.01 Å². The highest BCUT2D eigenvalue weighted by Gasteiger charge is 2.62. The van der Waals surface area contributed by atoms with Gasteiger partial charge < -0.3 is 9.84 Å². The van der Waals surface area contributed by atoms with Crippen LogP contribution in [0.1, 0.15) is 59.3 Å². The van der Waals surface area contributed by atoms with Crippen molar-refractivity contribution in [3.63, 3.8) is 0 Å². The summed E-state index contributed by atoms with van der Waals surface area (Å²) in [6.45, 7) is 6.24. The van der Waals surface area contributed by atoms with Gasteiger partial charge in [0.15, 0.2) is 0 Å². The standard InChI is InChI=1S/C16H26N2O4/c1-15(2,3)22-14(21)17-10-11-5-4-7-16(11)8-6-12(18(16)17)9-13(19)20/h11-12H,4-10H2,1-3H3,(H,19,20)/t11-,12+,16+/m0/s1. The van der Waals surface area contributed by atoms with Crippen molar-refractivity contribution in [2.45, 2.75) is 76.5 Å². The molecule has 1 spiro atoms. The zero-order valence-corrected chi connectivity index (χ0v) is 13.7. The number of carbonyl (C=O) groups is 2. The quantitative estimate of drug-likeness (QED) is 0.849. The van der Waals surface area contributed by atoms with E-state index in [1.165, 1.54) is 6.42 Å². The van der Waals surface area contributed by atoms with Gasteiger partial charge in [0, 0.05) is 18.1 Å². The maximum Gasteiger partial charge on any atom is 0.425 e. The van der Waals surface area contributed by atoms with Crippen molar-refractivity contribution < 1.29 is 19.4 Å². The molecule has 3 rings (SSSR count). The second-order valence-corrected chi connectivity index (χ2v) is 7.89. The Balaban J connectivity index is 1.85. The van der Waals surface area contributed by atoms with Gasteiger partial charge in [0.2, 0.25) is 0 Å². The third-order valence-corrected chi connectivity index (χ3v) is 5.30. The first-order chi connectivity index (χ1) is 10.2. The van der Waals surface area contributed by atoms with Crippen molar-refractivity contribution in [2.24, 2.45) is 5.92 Å². The number of rotatable bonds is 2. The molecule has 0 aromatic rings. The largest absolute Gasteiger partial charge is 0.481 e. The molecule has 0 unspecified atom stereocenters. The Bertz CT molecular complexity index is 487. The first-order valence-corrected chi connectivity index (χ1v) is 8.24. The molecule has 0 bridgehead atoms. The first-order valence-electron chi connectivity index (χ1n) is 8.24. The van der Waals surface area contributed by atoms with Gasteiger partial charge in [-0.2, -0.15) is 0 Å². The summed E-state index contributed by atoms with van der Waals surface area (Å²) in [6.07, 6.45) is 4.95. The van der Waals surface area contributed by atoms with Crippen molar-refractivity contribution >= 4 is 12.1 Å². The third kappa shape index (κ3) is 2.47. The molecule has 1 amide bonds. The second-order valence-electron chi connectivity index (χ2n) is 7.89. The lowest BCUT2D eigenvalue weighted by Crippen LogP contribution is -2.53. The van der Waals surface area contributed by atoms with Crippen molar-refractivity contribution in [2.75, 3.05) is 6.54 Å². The summed E-state index contributed by atoms with van der Waals surface area (Å²) in [7, 11) is 0. The van der Waals surface area contributed by atoms with Crippen LogP contribution < -0.4 is 0 Å². The van der Waals surface area contributed by atoms with Gasteiger partial charge in [0.05, 0.1) is 6.42 Å². The molecule has 1 saturated carbocycles. The second kappa shape index (κ2) is 5.11. The van der Waals surface area contributed by atoms with Gasteiger partial charge in [-0.15, -0.1) is 0 Å². The molecule has 1 N–H and O–H groups in total. The molecular formula is C16H26N2O4. The first kappa shape index (κ1) is 15.6. The number of hydrogen-bond acceptors (Lipinski definition) is 4. The molecule has 3 atom stereocenters. The maximum atomic E-state index is 12.6. The maximum absolute atomic E-state index is 12.6. The van der Waals surface area contributed by atoms with Crippen LogP contribution in [0, 0.1) is 5.92 Å². The SMILES string of the molecule is CC(C)(C)OC(=O)N1C[C@@H]2CCC[C@@]23CC[C@H](CC(=O)O)N13. The van der Waals surface area contributed by atoms with E-state index < -0.39 is 11.6 Å². The van der Waals surface area contributed by atoms with Gasteiger partial charge >= 0.3 is 12.1 Å². The van der Waals surface area contributed by atoms with E-state index in [-0.39, 0.29) is 24.1 Å². The fourth-order valence-corrected chi connectivity index (χ4v) is 4.64. The summed E-state index contributed by atoms with van der Waals surface area (Å²) in [4.78, 5) is 23.8. The van der Waals surface area contributed by atoms with Gasteiger partial charge in [-0.1, -0.05) is 6.42 Å². The zero-order valence-electron chi connectivity index (χ0n) is 13.7. The van der Waals surface area contributed by atoms with E-state index in [2.05, 4.69) is 5.01 Å². The number of amides is 1. The van der Waals surface area contributed by atoms with Crippen LogP contribution in [0.5, 0.6) is 0 Å². The zero-order chi connectivity index (χ0) is 16.1. The van der Waals surface area contributed by atoms with Crippen LogP contribution >= 0.6 is 0 Å². The Morgan fingerprint density at radius 3 is 2.64 bits per heavy atom. The fourth-order valence-electron chi connectivity index (χ4n) is 4.64. The topological polar surface area (TPSA) is 70.1 Å². The predicted molar refractivity (Wildman–Crippen MR) is 80.1 cm³/mol. The van der Waals surface area contributed by atoms with Crippen molar-refractivity contribution in [3.8, 4) is 0 Å². The van der Waals surface area contributed by atoms with E-state index in [1.807, 2.05) is 20.8 Å². The molecular weight excluding hydrogens is 284 g/mol. The van der Waals surface area contributed by atoms with Gasteiger partial charge in [0.1, 0.15) is 5.60 Å². The number of carbonyl (C=O) groups excluding carboxylic acids is 1. The van der Waals surface area contributed by atoms with Crippen LogP contribution in [0.15, 0.2) is 0 Å². The average molecular weight is 310 g/mol. The van der Waals surface area contributed by atoms with Crippen LogP contribution in [0.25, 0.3) is 0 Å². The van der Waals surface area contributed by atoms with Crippen molar-refractivity contribution in [1.29, 1.82) is 0 Å². The van der Waals surface area contributed by atoms with Crippen molar-refractivity contribution in [1.82, 2.24) is 10.0 Å². The fraction of sp³-hybridized carbons (Fsp3) is 0.875. The minimum Gasteiger partial charge on any atom is -0.481 e. The number of carboxylic acid groups (broad SMARTS) is 1. The van der Waals surface area contributed by atoms with Gasteiger partial charge in [-0.25, -0.2) is 14.8 Å². The predicted octanol–water partition coefficient (Wildman–Crippen LogP) is 2.63. The molecule has 0 aromatic heterocycles. The molecule has 6 nitrogen and oxygen atoms in total. The summed E-state index contributed by atoms with van der Waals surface area (Å²) >= 11 is 0. The monoisotopic (exact) mass is 310 g/mol. The summed E-state index contributed by atoms with van der Waals surface area (Å²) in [6, 6.07) is -0.0897. The van der Waals surface area contributed by atoms with E-state index in [4.69, 9.17) is 4.74 Å². The normalized spacial score (nSPS) is 34.6. The molecule has 0 radical (unpaired) electrons. The van der Waals surface area contributed by atoms with Crippen LogP contribution in [-0.2, 0) is 9.53 Å². The number of nitrogens with zero attached hydrogens (tertiary/aromatic N) is 2. The number of hydrogen-bond donors (Lipinski definition) is 1. The van der Waals surface area contributed by atoms with E-state index >= 15 is 0 Å². The molecule has 3 fully saturated rings. The lowest BCUT2D eigenvalue weighted by molar-refractivity contribution is -0.140. The number of ether oxygens (including phenoxy) is 1. The summed E-state index contributed by atoms with van der Waals surface area (Å²) in [5, 5.41) is 13.0. The molecule has 2 saturated heterocycles. The lowest BCUT2D eigenvalue weighted by atomic mass is 9.87. The van der Waals surface area contributed by atoms with Crippen LogP contribution in [-0.4, -0.2) is 50.9 Å². The molecule has 22 heavy (non-hydrogen) atoms. The third-order valence-electron chi connectivity index (χ3n) is 5.30. The summed E-state index contributed by atoms with van der Waals surface area (Å²) in [5.41, 5.74) is -0.541. The highest BCUT2D eigenvalue weighted by atomic mass is 16.6. The van der Waals surface area contributed by atoms with E-state index in [0.29, 0.717) is 12.5 Å². The highest BCUT2D eigenvalue weighted by Crippen LogP contribution is 2.55.